The van der Waals surface area contributed by atoms with Crippen LogP contribution in [0.2, 0.25) is 0 Å². The van der Waals surface area contributed by atoms with Gasteiger partial charge in [-0.2, -0.15) is 0 Å². The number of ether oxygens (including phenoxy) is 1. The van der Waals surface area contributed by atoms with Gasteiger partial charge in [-0.15, -0.1) is 0 Å². The Morgan fingerprint density at radius 3 is 2.09 bits per heavy atom. The zero-order valence-electron chi connectivity index (χ0n) is 13.9. The predicted octanol–water partition coefficient (Wildman–Crippen LogP) is 2.45. The summed E-state index contributed by atoms with van der Waals surface area (Å²) in [6, 6.07) is 6.32. The van der Waals surface area contributed by atoms with Crippen molar-refractivity contribution in [2.75, 3.05) is 25.5 Å². The van der Waals surface area contributed by atoms with Gasteiger partial charge in [0, 0.05) is 18.8 Å². The molecule has 0 aliphatic heterocycles. The molecular formula is C17H24N2O4. The summed E-state index contributed by atoms with van der Waals surface area (Å²) in [5.41, 5.74) is 0.937. The Balaban J connectivity index is 2.58. The molecule has 0 aliphatic carbocycles. The van der Waals surface area contributed by atoms with Crippen molar-refractivity contribution in [3.05, 3.63) is 29.8 Å². The number of hydrogen-bond donors (Lipinski definition) is 1. The van der Waals surface area contributed by atoms with Gasteiger partial charge in [-0.1, -0.05) is 13.8 Å². The largest absolute Gasteiger partial charge is 0.465 e. The Hall–Kier alpha value is -2.37. The van der Waals surface area contributed by atoms with Crippen molar-refractivity contribution in [2.45, 2.75) is 33.1 Å². The Bertz CT molecular complexity index is 534. The number of carbonyl (C=O) groups is 3. The van der Waals surface area contributed by atoms with Crippen molar-refractivity contribution in [3.8, 4) is 0 Å². The molecule has 6 nitrogen and oxygen atoms in total. The molecule has 1 rings (SSSR count). The molecular weight excluding hydrogens is 296 g/mol. The molecule has 0 saturated heterocycles. The minimum atomic E-state index is -0.437. The van der Waals surface area contributed by atoms with Crippen molar-refractivity contribution in [1.82, 2.24) is 4.90 Å². The maximum atomic E-state index is 12.1. The smallest absolute Gasteiger partial charge is 0.337 e. The SMILES string of the molecule is CCCN(CCC)C(=O)CC(=O)Nc1ccc(C(=O)OC)cc1. The summed E-state index contributed by atoms with van der Waals surface area (Å²) in [5.74, 6) is -0.969. The molecule has 1 N–H and O–H groups in total. The van der Waals surface area contributed by atoms with Gasteiger partial charge in [0.05, 0.1) is 12.7 Å². The number of carbonyl (C=O) groups excluding carboxylic acids is 3. The first-order valence-electron chi connectivity index (χ1n) is 7.77. The highest BCUT2D eigenvalue weighted by Crippen LogP contribution is 2.11. The summed E-state index contributed by atoms with van der Waals surface area (Å²) in [4.78, 5) is 37.1. The van der Waals surface area contributed by atoms with Crippen LogP contribution < -0.4 is 5.32 Å². The molecule has 1 aromatic rings. The second kappa shape index (κ2) is 9.61. The highest BCUT2D eigenvalue weighted by molar-refractivity contribution is 6.03. The lowest BCUT2D eigenvalue weighted by atomic mass is 10.2. The number of methoxy groups -OCH3 is 1. The number of nitrogens with zero attached hydrogens (tertiary/aromatic N) is 1. The molecule has 0 bridgehead atoms. The fourth-order valence-electron chi connectivity index (χ4n) is 2.16. The van der Waals surface area contributed by atoms with Gasteiger partial charge in [0.25, 0.3) is 0 Å². The number of esters is 1. The van der Waals surface area contributed by atoms with E-state index in [4.69, 9.17) is 0 Å². The Labute approximate surface area is 136 Å². The molecule has 0 aromatic heterocycles. The van der Waals surface area contributed by atoms with E-state index in [0.717, 1.165) is 12.8 Å². The van der Waals surface area contributed by atoms with E-state index in [-0.39, 0.29) is 18.2 Å². The average Bonchev–Trinajstić information content (AvgIpc) is 2.54. The van der Waals surface area contributed by atoms with Crippen LogP contribution in [0.3, 0.4) is 0 Å². The van der Waals surface area contributed by atoms with Crippen molar-refractivity contribution in [3.63, 3.8) is 0 Å². The molecule has 0 heterocycles. The van der Waals surface area contributed by atoms with E-state index in [1.165, 1.54) is 7.11 Å². The molecule has 0 fully saturated rings. The Kier molecular flexibility index (Phi) is 7.80. The first-order chi connectivity index (χ1) is 11.0. The van der Waals surface area contributed by atoms with E-state index < -0.39 is 5.97 Å². The molecule has 2 amide bonds. The molecule has 0 radical (unpaired) electrons. The highest BCUT2D eigenvalue weighted by atomic mass is 16.5. The van der Waals surface area contributed by atoms with Gasteiger partial charge in [-0.3, -0.25) is 9.59 Å². The summed E-state index contributed by atoms with van der Waals surface area (Å²) in [7, 11) is 1.31. The van der Waals surface area contributed by atoms with E-state index in [0.29, 0.717) is 24.3 Å². The van der Waals surface area contributed by atoms with Crippen LogP contribution in [0, 0.1) is 0 Å². The van der Waals surface area contributed by atoms with Gasteiger partial charge < -0.3 is 15.0 Å². The number of hydrogen-bond acceptors (Lipinski definition) is 4. The Morgan fingerprint density at radius 1 is 1.04 bits per heavy atom. The zero-order valence-corrected chi connectivity index (χ0v) is 13.9. The van der Waals surface area contributed by atoms with Crippen LogP contribution in [0.15, 0.2) is 24.3 Å². The van der Waals surface area contributed by atoms with Gasteiger partial charge in [-0.25, -0.2) is 4.79 Å². The first kappa shape index (κ1) is 18.7. The monoisotopic (exact) mass is 320 g/mol. The predicted molar refractivity (Wildman–Crippen MR) is 88.2 cm³/mol. The van der Waals surface area contributed by atoms with E-state index in [9.17, 15) is 14.4 Å². The van der Waals surface area contributed by atoms with E-state index in [1.807, 2.05) is 13.8 Å². The minimum absolute atomic E-state index is 0.169. The molecule has 0 aliphatic rings. The van der Waals surface area contributed by atoms with Gasteiger partial charge in [-0.05, 0) is 37.1 Å². The van der Waals surface area contributed by atoms with Crippen LogP contribution in [-0.4, -0.2) is 42.9 Å². The maximum absolute atomic E-state index is 12.1. The van der Waals surface area contributed by atoms with E-state index in [2.05, 4.69) is 10.1 Å². The van der Waals surface area contributed by atoms with Gasteiger partial charge >= 0.3 is 5.97 Å². The number of benzene rings is 1. The summed E-state index contributed by atoms with van der Waals surface area (Å²) in [6.07, 6.45) is 1.55. The minimum Gasteiger partial charge on any atom is -0.465 e. The fraction of sp³-hybridized carbons (Fsp3) is 0.471. The third-order valence-electron chi connectivity index (χ3n) is 3.24. The van der Waals surface area contributed by atoms with Crippen LogP contribution in [0.5, 0.6) is 0 Å². The lowest BCUT2D eigenvalue weighted by Crippen LogP contribution is -2.35. The summed E-state index contributed by atoms with van der Waals surface area (Å²) in [6.45, 7) is 5.32. The molecule has 0 atom stereocenters. The maximum Gasteiger partial charge on any atom is 0.337 e. The third kappa shape index (κ3) is 6.10. The molecule has 1 aromatic carbocycles. The van der Waals surface area contributed by atoms with Crippen LogP contribution in [0.4, 0.5) is 5.69 Å². The second-order valence-corrected chi connectivity index (χ2v) is 5.17. The molecule has 0 spiro atoms. The average molecular weight is 320 g/mol. The quantitative estimate of drug-likeness (QED) is 0.589. The molecule has 23 heavy (non-hydrogen) atoms. The number of rotatable bonds is 8. The third-order valence-corrected chi connectivity index (χ3v) is 3.24. The van der Waals surface area contributed by atoms with Crippen LogP contribution in [0.25, 0.3) is 0 Å². The highest BCUT2D eigenvalue weighted by Gasteiger charge is 2.16. The van der Waals surface area contributed by atoms with Crippen molar-refractivity contribution in [2.24, 2.45) is 0 Å². The Morgan fingerprint density at radius 2 is 1.61 bits per heavy atom. The summed E-state index contributed by atoms with van der Waals surface area (Å²) >= 11 is 0. The lowest BCUT2D eigenvalue weighted by Gasteiger charge is -2.21. The second-order valence-electron chi connectivity index (χ2n) is 5.17. The van der Waals surface area contributed by atoms with Gasteiger partial charge in [0.2, 0.25) is 11.8 Å². The zero-order chi connectivity index (χ0) is 17.2. The summed E-state index contributed by atoms with van der Waals surface area (Å²) in [5, 5.41) is 2.66. The van der Waals surface area contributed by atoms with Crippen molar-refractivity contribution in [1.29, 1.82) is 0 Å². The van der Waals surface area contributed by atoms with Crippen LogP contribution in [0.1, 0.15) is 43.5 Å². The van der Waals surface area contributed by atoms with Gasteiger partial charge in [0.15, 0.2) is 0 Å². The topological polar surface area (TPSA) is 75.7 Å². The number of anilines is 1. The fourth-order valence-corrected chi connectivity index (χ4v) is 2.16. The van der Waals surface area contributed by atoms with E-state index >= 15 is 0 Å². The normalized spacial score (nSPS) is 10.0. The molecule has 6 heteroatoms. The molecule has 0 unspecified atom stereocenters. The van der Waals surface area contributed by atoms with Crippen LogP contribution >= 0.6 is 0 Å². The van der Waals surface area contributed by atoms with Crippen LogP contribution in [-0.2, 0) is 14.3 Å². The van der Waals surface area contributed by atoms with Crippen molar-refractivity contribution < 1.29 is 19.1 Å². The first-order valence-corrected chi connectivity index (χ1v) is 7.77. The number of nitrogens with one attached hydrogen (secondary N) is 1. The van der Waals surface area contributed by atoms with E-state index in [1.54, 1.807) is 29.2 Å². The molecule has 126 valence electrons. The molecule has 0 saturated carbocycles. The van der Waals surface area contributed by atoms with Crippen molar-refractivity contribution >= 4 is 23.5 Å². The lowest BCUT2D eigenvalue weighted by molar-refractivity contribution is -0.134. The standard InChI is InChI=1S/C17H24N2O4/c1-4-10-19(11-5-2)16(21)12-15(20)18-14-8-6-13(7-9-14)17(22)23-3/h6-9H,4-5,10-12H2,1-3H3,(H,18,20). The number of amides is 2. The van der Waals surface area contributed by atoms with Gasteiger partial charge in [0.1, 0.15) is 6.42 Å². The summed E-state index contributed by atoms with van der Waals surface area (Å²) < 4.78 is 4.61.